The molecule has 1 aliphatic rings. The van der Waals surface area contributed by atoms with Gasteiger partial charge < -0.3 is 9.80 Å². The number of amides is 2. The van der Waals surface area contributed by atoms with Crippen LogP contribution in [-0.2, 0) is 6.42 Å². The molecule has 27 heavy (non-hydrogen) atoms. The fraction of sp³-hybridized carbons (Fsp3) is 0.409. The number of hydrogen-bond donors (Lipinski definition) is 0. The summed E-state index contributed by atoms with van der Waals surface area (Å²) in [6, 6.07) is 13.2. The molecule has 0 saturated heterocycles. The number of para-hydroxylation sites is 1. The largest absolute Gasteiger partial charge is 0.337 e. The van der Waals surface area contributed by atoms with Gasteiger partial charge in [0.1, 0.15) is 11.4 Å². The zero-order chi connectivity index (χ0) is 19.4. The lowest BCUT2D eigenvalue weighted by atomic mass is 10.1. The molecule has 2 aromatic rings. The van der Waals surface area contributed by atoms with Crippen molar-refractivity contribution in [2.45, 2.75) is 46.1 Å². The lowest BCUT2D eigenvalue weighted by Crippen LogP contribution is -2.37. The van der Waals surface area contributed by atoms with Gasteiger partial charge in [0.05, 0.1) is 0 Å². The summed E-state index contributed by atoms with van der Waals surface area (Å²) in [6.07, 6.45) is 2.63. The van der Waals surface area contributed by atoms with Crippen molar-refractivity contribution >= 4 is 17.5 Å². The monoisotopic (exact) mass is 365 g/mol. The Morgan fingerprint density at radius 1 is 1.04 bits per heavy atom. The van der Waals surface area contributed by atoms with E-state index in [-0.39, 0.29) is 17.9 Å². The van der Waals surface area contributed by atoms with Crippen molar-refractivity contribution in [1.82, 2.24) is 9.88 Å². The smallest absolute Gasteiger partial charge is 0.277 e. The number of carbonyl (C=O) groups excluding carboxylic acids is 2. The lowest BCUT2D eigenvalue weighted by molar-refractivity contribution is 0.0749. The molecule has 2 heterocycles. The highest BCUT2D eigenvalue weighted by molar-refractivity contribution is 6.07. The highest BCUT2D eigenvalue weighted by Crippen LogP contribution is 2.32. The topological polar surface area (TPSA) is 53.5 Å². The minimum Gasteiger partial charge on any atom is -0.337 e. The summed E-state index contributed by atoms with van der Waals surface area (Å²) in [5.41, 5.74) is 2.76. The van der Waals surface area contributed by atoms with Gasteiger partial charge in [-0.15, -0.1) is 0 Å². The van der Waals surface area contributed by atoms with E-state index in [1.54, 1.807) is 23.1 Å². The molecule has 0 N–H and O–H groups in total. The molecule has 1 aromatic heterocycles. The molecular weight excluding hydrogens is 338 g/mol. The summed E-state index contributed by atoms with van der Waals surface area (Å²) < 4.78 is 0. The normalized spacial score (nSPS) is 15.5. The van der Waals surface area contributed by atoms with Crippen LogP contribution in [0, 0.1) is 0 Å². The summed E-state index contributed by atoms with van der Waals surface area (Å²) in [5.74, 6) is -0.261. The molecule has 5 heteroatoms. The number of pyridine rings is 1. The molecular formula is C22H27N3O2. The Kier molecular flexibility index (Phi) is 5.89. The Balaban J connectivity index is 1.87. The standard InChI is InChI=1S/C22H27N3O2/c1-4-13-24(14-5-2)21(26)18-10-8-11-19(23-18)22(27)25-16(3)15-17-9-6-7-12-20(17)25/h6-12,16H,4-5,13-15H2,1-3H3. The molecule has 2 amide bonds. The number of benzene rings is 1. The average molecular weight is 365 g/mol. The highest BCUT2D eigenvalue weighted by Gasteiger charge is 2.32. The first-order valence-electron chi connectivity index (χ1n) is 9.74. The maximum atomic E-state index is 13.2. The maximum absolute atomic E-state index is 13.2. The number of carbonyl (C=O) groups is 2. The van der Waals surface area contributed by atoms with Gasteiger partial charge in [0.25, 0.3) is 11.8 Å². The van der Waals surface area contributed by atoms with E-state index in [1.807, 2.05) is 30.0 Å². The second-order valence-electron chi connectivity index (χ2n) is 7.06. The third kappa shape index (κ3) is 3.87. The zero-order valence-corrected chi connectivity index (χ0v) is 16.3. The van der Waals surface area contributed by atoms with E-state index in [2.05, 4.69) is 24.9 Å². The number of nitrogens with zero attached hydrogens (tertiary/aromatic N) is 3. The van der Waals surface area contributed by atoms with Gasteiger partial charge in [0.2, 0.25) is 0 Å². The first kappa shape index (κ1) is 19.1. The minimum atomic E-state index is -0.153. The van der Waals surface area contributed by atoms with E-state index >= 15 is 0 Å². The maximum Gasteiger partial charge on any atom is 0.277 e. The zero-order valence-electron chi connectivity index (χ0n) is 16.3. The van der Waals surface area contributed by atoms with Crippen molar-refractivity contribution in [1.29, 1.82) is 0 Å². The molecule has 1 aliphatic heterocycles. The predicted molar refractivity (Wildman–Crippen MR) is 107 cm³/mol. The van der Waals surface area contributed by atoms with Crippen LogP contribution in [0.4, 0.5) is 5.69 Å². The van der Waals surface area contributed by atoms with Gasteiger partial charge in [-0.2, -0.15) is 0 Å². The Labute approximate surface area is 161 Å². The molecule has 0 fully saturated rings. The second kappa shape index (κ2) is 8.33. The summed E-state index contributed by atoms with van der Waals surface area (Å²) in [4.78, 5) is 34.0. The molecule has 1 unspecified atom stereocenters. The van der Waals surface area contributed by atoms with E-state index in [4.69, 9.17) is 0 Å². The van der Waals surface area contributed by atoms with Crippen LogP contribution in [-0.4, -0.2) is 40.8 Å². The Hall–Kier alpha value is -2.69. The third-order valence-electron chi connectivity index (χ3n) is 4.89. The Bertz CT molecular complexity index is 828. The van der Waals surface area contributed by atoms with Crippen molar-refractivity contribution in [2.75, 3.05) is 18.0 Å². The summed E-state index contributed by atoms with van der Waals surface area (Å²) >= 11 is 0. The Morgan fingerprint density at radius 2 is 1.70 bits per heavy atom. The molecule has 5 nitrogen and oxygen atoms in total. The highest BCUT2D eigenvalue weighted by atomic mass is 16.2. The van der Waals surface area contributed by atoms with E-state index < -0.39 is 0 Å². The fourth-order valence-electron chi connectivity index (χ4n) is 3.69. The minimum absolute atomic E-state index is 0.0766. The van der Waals surface area contributed by atoms with Crippen molar-refractivity contribution in [3.63, 3.8) is 0 Å². The number of anilines is 1. The van der Waals surface area contributed by atoms with Gasteiger partial charge in [0.15, 0.2) is 0 Å². The van der Waals surface area contributed by atoms with Crippen LogP contribution in [0.2, 0.25) is 0 Å². The lowest BCUT2D eigenvalue weighted by Gasteiger charge is -2.23. The first-order valence-corrected chi connectivity index (χ1v) is 9.74. The molecule has 1 atom stereocenters. The van der Waals surface area contributed by atoms with Gasteiger partial charge in [-0.25, -0.2) is 4.98 Å². The van der Waals surface area contributed by atoms with Crippen LogP contribution in [0.15, 0.2) is 42.5 Å². The van der Waals surface area contributed by atoms with Crippen LogP contribution < -0.4 is 4.90 Å². The molecule has 0 spiro atoms. The van der Waals surface area contributed by atoms with Crippen molar-refractivity contribution in [3.05, 3.63) is 59.4 Å². The molecule has 1 aromatic carbocycles. The third-order valence-corrected chi connectivity index (χ3v) is 4.89. The van der Waals surface area contributed by atoms with E-state index in [0.717, 1.165) is 24.9 Å². The molecule has 0 aliphatic carbocycles. The quantitative estimate of drug-likeness (QED) is 0.779. The van der Waals surface area contributed by atoms with E-state index in [1.165, 1.54) is 5.56 Å². The first-order chi connectivity index (χ1) is 13.1. The summed E-state index contributed by atoms with van der Waals surface area (Å²) in [7, 11) is 0. The SMILES string of the molecule is CCCN(CCC)C(=O)c1cccc(C(=O)N2c3ccccc3CC2C)n1. The summed E-state index contributed by atoms with van der Waals surface area (Å²) in [6.45, 7) is 7.54. The number of rotatable bonds is 6. The van der Waals surface area contributed by atoms with Crippen LogP contribution in [0.3, 0.4) is 0 Å². The van der Waals surface area contributed by atoms with E-state index in [0.29, 0.717) is 24.5 Å². The molecule has 0 bridgehead atoms. The van der Waals surface area contributed by atoms with Gasteiger partial charge >= 0.3 is 0 Å². The number of hydrogen-bond acceptors (Lipinski definition) is 3. The molecule has 142 valence electrons. The van der Waals surface area contributed by atoms with Gasteiger partial charge in [0, 0.05) is 24.8 Å². The van der Waals surface area contributed by atoms with Crippen LogP contribution >= 0.6 is 0 Å². The van der Waals surface area contributed by atoms with Crippen LogP contribution in [0.25, 0.3) is 0 Å². The van der Waals surface area contributed by atoms with Gasteiger partial charge in [-0.1, -0.05) is 38.1 Å². The molecule has 0 radical (unpaired) electrons. The fourth-order valence-corrected chi connectivity index (χ4v) is 3.69. The van der Waals surface area contributed by atoms with Crippen molar-refractivity contribution in [3.8, 4) is 0 Å². The second-order valence-corrected chi connectivity index (χ2v) is 7.06. The predicted octanol–water partition coefficient (Wildman–Crippen LogP) is 3.94. The number of aromatic nitrogens is 1. The Morgan fingerprint density at radius 3 is 2.41 bits per heavy atom. The van der Waals surface area contributed by atoms with Gasteiger partial charge in [-0.05, 0) is 49.9 Å². The number of fused-ring (bicyclic) bond motifs is 1. The van der Waals surface area contributed by atoms with Crippen molar-refractivity contribution < 1.29 is 9.59 Å². The summed E-state index contributed by atoms with van der Waals surface area (Å²) in [5, 5.41) is 0. The molecule has 0 saturated carbocycles. The average Bonchev–Trinajstić information content (AvgIpc) is 3.02. The molecule has 3 rings (SSSR count). The van der Waals surface area contributed by atoms with Crippen LogP contribution in [0.5, 0.6) is 0 Å². The van der Waals surface area contributed by atoms with E-state index in [9.17, 15) is 9.59 Å². The van der Waals surface area contributed by atoms with Crippen molar-refractivity contribution in [2.24, 2.45) is 0 Å². The van der Waals surface area contributed by atoms with Crippen LogP contribution in [0.1, 0.15) is 60.2 Å². The van der Waals surface area contributed by atoms with Gasteiger partial charge in [-0.3, -0.25) is 9.59 Å².